The maximum atomic E-state index is 15.3. The number of nitrogens with zero attached hydrogens (tertiary/aromatic N) is 2. The zero-order valence-electron chi connectivity index (χ0n) is 16.2. The zero-order valence-corrected chi connectivity index (χ0v) is 16.2. The van der Waals surface area contributed by atoms with Crippen LogP contribution in [0.25, 0.3) is 10.9 Å². The molecule has 30 heavy (non-hydrogen) atoms. The summed E-state index contributed by atoms with van der Waals surface area (Å²) in [5.74, 6) is -2.08. The smallest absolute Gasteiger partial charge is 0.341 e. The van der Waals surface area contributed by atoms with Crippen LogP contribution < -0.4 is 20.8 Å². The molecule has 1 aromatic carbocycles. The lowest BCUT2D eigenvalue weighted by Crippen LogP contribution is -2.47. The van der Waals surface area contributed by atoms with Crippen LogP contribution in [0.5, 0.6) is 5.75 Å². The maximum absolute atomic E-state index is 15.3. The average Bonchev–Trinajstić information content (AvgIpc) is 3.16. The number of aromatic nitrogens is 1. The topological polar surface area (TPSA) is 107 Å². The van der Waals surface area contributed by atoms with Gasteiger partial charge < -0.3 is 29.8 Å². The van der Waals surface area contributed by atoms with Gasteiger partial charge in [-0.3, -0.25) is 4.79 Å². The van der Waals surface area contributed by atoms with Gasteiger partial charge in [-0.25, -0.2) is 13.6 Å². The van der Waals surface area contributed by atoms with Gasteiger partial charge in [0.2, 0.25) is 5.43 Å². The van der Waals surface area contributed by atoms with Crippen LogP contribution in [0.2, 0.25) is 0 Å². The lowest BCUT2D eigenvalue weighted by Gasteiger charge is -2.26. The van der Waals surface area contributed by atoms with Crippen LogP contribution in [0.4, 0.5) is 14.5 Å². The molecule has 8 nitrogen and oxygen atoms in total. The number of carbonyl (C=O) groups is 1. The highest BCUT2D eigenvalue weighted by atomic mass is 19.1. The lowest BCUT2D eigenvalue weighted by molar-refractivity contribution is 0.0694. The summed E-state index contributed by atoms with van der Waals surface area (Å²) in [6.07, 6.45) is 0.131. The fourth-order valence-corrected chi connectivity index (χ4v) is 4.73. The number of fused-ring (bicyclic) bond motifs is 2. The van der Waals surface area contributed by atoms with Gasteiger partial charge in [0.25, 0.3) is 0 Å². The first kappa shape index (κ1) is 19.3. The van der Waals surface area contributed by atoms with Crippen molar-refractivity contribution >= 4 is 22.6 Å². The molecule has 3 aliphatic rings. The summed E-state index contributed by atoms with van der Waals surface area (Å²) >= 11 is 0. The fourth-order valence-electron chi connectivity index (χ4n) is 4.73. The Morgan fingerprint density at radius 1 is 1.47 bits per heavy atom. The quantitative estimate of drug-likeness (QED) is 0.766. The first-order valence-electron chi connectivity index (χ1n) is 9.69. The Labute approximate surface area is 169 Å². The molecule has 0 amide bonds. The molecule has 0 bridgehead atoms. The van der Waals surface area contributed by atoms with Gasteiger partial charge in [0, 0.05) is 31.6 Å². The number of carboxylic acids is 1. The molecular formula is C20H21F2N3O5. The predicted molar refractivity (Wildman–Crippen MR) is 104 cm³/mol. The number of carboxylic acid groups (broad SMARTS) is 1. The van der Waals surface area contributed by atoms with E-state index in [0.717, 1.165) is 12.3 Å². The minimum Gasteiger partial charge on any atom is -0.492 e. The van der Waals surface area contributed by atoms with Crippen LogP contribution in [-0.2, 0) is 4.74 Å². The van der Waals surface area contributed by atoms with E-state index in [9.17, 15) is 19.1 Å². The Morgan fingerprint density at radius 2 is 2.20 bits per heavy atom. The molecule has 1 aromatic heterocycles. The number of aromatic carboxylic acids is 1. The van der Waals surface area contributed by atoms with E-state index >= 15 is 4.39 Å². The molecule has 0 radical (unpaired) electrons. The molecular weight excluding hydrogens is 400 g/mol. The van der Waals surface area contributed by atoms with Gasteiger partial charge in [0.1, 0.15) is 17.4 Å². The molecule has 3 N–H and O–H groups in total. The van der Waals surface area contributed by atoms with Crippen molar-refractivity contribution in [2.24, 2.45) is 11.7 Å². The third kappa shape index (κ3) is 2.63. The van der Waals surface area contributed by atoms with Crippen molar-refractivity contribution in [2.75, 3.05) is 38.3 Å². The highest BCUT2D eigenvalue weighted by molar-refractivity contribution is 5.97. The normalized spacial score (nSPS) is 30.0. The van der Waals surface area contributed by atoms with Crippen LogP contribution in [-0.4, -0.2) is 60.8 Å². The summed E-state index contributed by atoms with van der Waals surface area (Å²) in [6.45, 7) is 1.62. The number of methoxy groups -OCH3 is 1. The number of anilines is 1. The average molecular weight is 421 g/mol. The summed E-state index contributed by atoms with van der Waals surface area (Å²) in [4.78, 5) is 26.1. The second kappa shape index (κ2) is 6.39. The molecule has 2 saturated heterocycles. The van der Waals surface area contributed by atoms with E-state index in [2.05, 4.69) is 0 Å². The number of benzene rings is 1. The minimum atomic E-state index is -1.45. The molecule has 2 aromatic rings. The molecule has 160 valence electrons. The highest BCUT2D eigenvalue weighted by Crippen LogP contribution is 2.47. The molecule has 1 unspecified atom stereocenters. The van der Waals surface area contributed by atoms with E-state index in [4.69, 9.17) is 15.2 Å². The summed E-state index contributed by atoms with van der Waals surface area (Å²) in [5, 5.41) is 9.24. The second-order valence-electron chi connectivity index (χ2n) is 8.37. The Hall–Kier alpha value is -2.72. The summed E-state index contributed by atoms with van der Waals surface area (Å²) in [7, 11) is 1.34. The standard InChI is InChI=1S/C20H21F2N3O5/c1-29-18-15-10(17(26)11(19(27)28)5-25(15)14-3-12(14)21)2-13(22)16(18)24-4-9-6-30-8-20(9,23)7-24/h2,5,9,12,14H,3-4,6-8,23H2,1H3,(H,27,28)/t9?,12-,14+,20-/m0/s1. The molecule has 1 saturated carbocycles. The van der Waals surface area contributed by atoms with Gasteiger partial charge in [-0.1, -0.05) is 0 Å². The molecule has 5 rings (SSSR count). The predicted octanol–water partition coefficient (Wildman–Crippen LogP) is 1.29. The van der Waals surface area contributed by atoms with Gasteiger partial charge >= 0.3 is 5.97 Å². The van der Waals surface area contributed by atoms with Gasteiger partial charge in [-0.05, 0) is 6.07 Å². The van der Waals surface area contributed by atoms with Gasteiger partial charge in [0.05, 0.1) is 42.8 Å². The van der Waals surface area contributed by atoms with Gasteiger partial charge in [-0.15, -0.1) is 0 Å². The van der Waals surface area contributed by atoms with Crippen LogP contribution in [0.3, 0.4) is 0 Å². The molecule has 10 heteroatoms. The monoisotopic (exact) mass is 421 g/mol. The van der Waals surface area contributed by atoms with Crippen molar-refractivity contribution in [2.45, 2.75) is 24.2 Å². The van der Waals surface area contributed by atoms with Crippen molar-refractivity contribution in [1.29, 1.82) is 0 Å². The van der Waals surface area contributed by atoms with Crippen LogP contribution in [0.15, 0.2) is 17.1 Å². The molecule has 1 aliphatic carbocycles. The third-order valence-corrected chi connectivity index (χ3v) is 6.42. The van der Waals surface area contributed by atoms with Crippen LogP contribution in [0, 0.1) is 11.7 Å². The number of hydrogen-bond acceptors (Lipinski definition) is 6. The van der Waals surface area contributed by atoms with E-state index in [1.807, 2.05) is 0 Å². The van der Waals surface area contributed by atoms with Crippen molar-refractivity contribution in [3.05, 3.63) is 33.9 Å². The SMILES string of the molecule is COc1c(N2CC3COC[C@@]3(N)C2)c(F)cc2c(=O)c(C(=O)O)cn([C@@H]3C[C@@H]3F)c12. The first-order chi connectivity index (χ1) is 14.2. The first-order valence-corrected chi connectivity index (χ1v) is 9.69. The summed E-state index contributed by atoms with van der Waals surface area (Å²) < 4.78 is 41.6. The largest absolute Gasteiger partial charge is 0.492 e. The van der Waals surface area contributed by atoms with E-state index in [0.29, 0.717) is 26.3 Å². The summed E-state index contributed by atoms with van der Waals surface area (Å²) in [6, 6.07) is 0.382. The molecule has 3 fully saturated rings. The highest BCUT2D eigenvalue weighted by Gasteiger charge is 2.49. The number of halogens is 2. The van der Waals surface area contributed by atoms with Gasteiger partial charge in [-0.2, -0.15) is 0 Å². The van der Waals surface area contributed by atoms with Crippen molar-refractivity contribution in [3.63, 3.8) is 0 Å². The molecule has 4 atom stereocenters. The molecule has 3 heterocycles. The van der Waals surface area contributed by atoms with Crippen molar-refractivity contribution in [1.82, 2.24) is 4.57 Å². The van der Waals surface area contributed by atoms with Crippen molar-refractivity contribution < 1.29 is 28.2 Å². The van der Waals surface area contributed by atoms with E-state index in [-0.39, 0.29) is 34.7 Å². The van der Waals surface area contributed by atoms with Crippen LogP contribution in [0.1, 0.15) is 22.8 Å². The Balaban J connectivity index is 1.76. The van der Waals surface area contributed by atoms with E-state index < -0.39 is 40.5 Å². The fraction of sp³-hybridized carbons (Fsp3) is 0.500. The number of rotatable bonds is 4. The number of pyridine rings is 1. The van der Waals surface area contributed by atoms with Crippen molar-refractivity contribution in [3.8, 4) is 5.75 Å². The van der Waals surface area contributed by atoms with Crippen LogP contribution >= 0.6 is 0 Å². The molecule has 0 spiro atoms. The summed E-state index contributed by atoms with van der Waals surface area (Å²) in [5.41, 5.74) is 4.77. The Bertz CT molecular complexity index is 1140. The lowest BCUT2D eigenvalue weighted by atomic mass is 9.92. The minimum absolute atomic E-state index is 0.0209. The third-order valence-electron chi connectivity index (χ3n) is 6.42. The van der Waals surface area contributed by atoms with E-state index in [1.165, 1.54) is 11.7 Å². The number of nitrogens with two attached hydrogens (primary N) is 1. The number of ether oxygens (including phenoxy) is 2. The number of hydrogen-bond donors (Lipinski definition) is 2. The second-order valence-corrected chi connectivity index (χ2v) is 8.37. The number of alkyl halides is 1. The molecule has 2 aliphatic heterocycles. The zero-order chi connectivity index (χ0) is 21.4. The van der Waals surface area contributed by atoms with E-state index in [1.54, 1.807) is 4.90 Å². The maximum Gasteiger partial charge on any atom is 0.341 e. The Kier molecular flexibility index (Phi) is 4.10. The van der Waals surface area contributed by atoms with Gasteiger partial charge in [0.15, 0.2) is 11.6 Å². The Morgan fingerprint density at radius 3 is 2.80 bits per heavy atom.